The van der Waals surface area contributed by atoms with Gasteiger partial charge < -0.3 is 5.11 Å². The first-order valence-corrected chi connectivity index (χ1v) is 10.1. The number of hydrogen-bond acceptors (Lipinski definition) is 1. The highest BCUT2D eigenvalue weighted by atomic mass is 28.3. The first-order chi connectivity index (χ1) is 6.68. The Kier molecular flexibility index (Phi) is 3.72. The Morgan fingerprint density at radius 1 is 1.27 bits per heavy atom. The fourth-order valence-corrected chi connectivity index (χ4v) is 5.37. The third kappa shape index (κ3) is 2.65. The molecule has 1 fully saturated rings. The molecule has 1 aliphatic carbocycles. The molecule has 3 atom stereocenters. The molecule has 1 N–H and O–H groups in total. The van der Waals surface area contributed by atoms with Crippen LogP contribution in [0.1, 0.15) is 33.6 Å². The van der Waals surface area contributed by atoms with E-state index in [-0.39, 0.29) is 5.60 Å². The van der Waals surface area contributed by atoms with Gasteiger partial charge in [0.15, 0.2) is 0 Å². The Labute approximate surface area is 96.3 Å². The molecule has 0 aromatic rings. The van der Waals surface area contributed by atoms with Crippen molar-refractivity contribution in [2.45, 2.75) is 64.9 Å². The minimum absolute atomic E-state index is 0.389. The predicted molar refractivity (Wildman–Crippen MR) is 69.8 cm³/mol. The van der Waals surface area contributed by atoms with Crippen LogP contribution in [0, 0.1) is 17.8 Å². The zero-order valence-electron chi connectivity index (χ0n) is 11.3. The highest BCUT2D eigenvalue weighted by Gasteiger charge is 2.49. The average Bonchev–Trinajstić information content (AvgIpc) is 2.31. The zero-order chi connectivity index (χ0) is 11.9. The molecule has 0 aliphatic heterocycles. The molecular weight excluding hydrogens is 200 g/mol. The maximum Gasteiger partial charge on any atom is 0.0721 e. The lowest BCUT2D eigenvalue weighted by molar-refractivity contribution is -0.0655. The fraction of sp³-hybridized carbons (Fsp3) is 1.00. The lowest BCUT2D eigenvalue weighted by Crippen LogP contribution is -2.46. The maximum atomic E-state index is 10.9. The van der Waals surface area contributed by atoms with Crippen LogP contribution in [-0.2, 0) is 0 Å². The lowest BCUT2D eigenvalue weighted by Gasteiger charge is -2.40. The van der Waals surface area contributed by atoms with Gasteiger partial charge in [-0.25, -0.2) is 0 Å². The highest BCUT2D eigenvalue weighted by Crippen LogP contribution is 2.48. The highest BCUT2D eigenvalue weighted by molar-refractivity contribution is 6.76. The molecular formula is C13H28OSi. The van der Waals surface area contributed by atoms with Crippen LogP contribution >= 0.6 is 0 Å². The van der Waals surface area contributed by atoms with Crippen LogP contribution in [0.3, 0.4) is 0 Å². The van der Waals surface area contributed by atoms with Crippen molar-refractivity contribution in [3.63, 3.8) is 0 Å². The molecule has 0 radical (unpaired) electrons. The quantitative estimate of drug-likeness (QED) is 0.729. The Morgan fingerprint density at radius 2 is 1.80 bits per heavy atom. The average molecular weight is 228 g/mol. The van der Waals surface area contributed by atoms with Crippen molar-refractivity contribution in [2.75, 3.05) is 0 Å². The van der Waals surface area contributed by atoms with Crippen molar-refractivity contribution in [3.05, 3.63) is 0 Å². The van der Waals surface area contributed by atoms with Crippen LogP contribution in [0.2, 0.25) is 25.7 Å². The van der Waals surface area contributed by atoms with Crippen LogP contribution in [0.15, 0.2) is 0 Å². The predicted octanol–water partition coefficient (Wildman–Crippen LogP) is 3.76. The van der Waals surface area contributed by atoms with E-state index in [4.69, 9.17) is 0 Å². The summed E-state index contributed by atoms with van der Waals surface area (Å²) in [5, 5.41) is 10.9. The van der Waals surface area contributed by atoms with Crippen molar-refractivity contribution in [2.24, 2.45) is 17.8 Å². The van der Waals surface area contributed by atoms with Gasteiger partial charge in [-0.3, -0.25) is 0 Å². The van der Waals surface area contributed by atoms with Gasteiger partial charge in [0.25, 0.3) is 0 Å². The first kappa shape index (κ1) is 13.2. The maximum absolute atomic E-state index is 10.9. The summed E-state index contributed by atoms with van der Waals surface area (Å²) >= 11 is 0. The summed E-state index contributed by atoms with van der Waals surface area (Å²) < 4.78 is 0. The van der Waals surface area contributed by atoms with E-state index in [1.54, 1.807) is 0 Å². The van der Waals surface area contributed by atoms with Gasteiger partial charge in [-0.2, -0.15) is 0 Å². The second-order valence-corrected chi connectivity index (χ2v) is 12.5. The summed E-state index contributed by atoms with van der Waals surface area (Å²) in [5.41, 5.74) is -0.389. The van der Waals surface area contributed by atoms with Crippen LogP contribution in [0.25, 0.3) is 0 Å². The van der Waals surface area contributed by atoms with Crippen molar-refractivity contribution < 1.29 is 5.11 Å². The van der Waals surface area contributed by atoms with Gasteiger partial charge in [0.2, 0.25) is 0 Å². The van der Waals surface area contributed by atoms with Gasteiger partial charge in [-0.15, -0.1) is 0 Å². The summed E-state index contributed by atoms with van der Waals surface area (Å²) in [7, 11) is -1.05. The van der Waals surface area contributed by atoms with Crippen molar-refractivity contribution in [1.29, 1.82) is 0 Å². The molecule has 90 valence electrons. The molecule has 15 heavy (non-hydrogen) atoms. The summed E-state index contributed by atoms with van der Waals surface area (Å²) in [6.07, 6.45) is 2.45. The number of hydrogen-bond donors (Lipinski definition) is 1. The van der Waals surface area contributed by atoms with E-state index in [1.807, 2.05) is 0 Å². The first-order valence-electron chi connectivity index (χ1n) is 6.40. The van der Waals surface area contributed by atoms with Crippen molar-refractivity contribution in [1.82, 2.24) is 0 Å². The smallest absolute Gasteiger partial charge is 0.0721 e. The summed E-state index contributed by atoms with van der Waals surface area (Å²) in [5.74, 6) is 1.44. The van der Waals surface area contributed by atoms with Gasteiger partial charge in [-0.05, 0) is 30.6 Å². The standard InChI is InChI=1S/C13H28OSi/c1-10(2)13(14)11(3)7-8-12(13)9-15(4,5)6/h10-12,14H,7-9H2,1-6H3/t11-,12-,13-/m0/s1. The minimum Gasteiger partial charge on any atom is -0.389 e. The molecule has 2 heteroatoms. The molecule has 0 bridgehead atoms. The van der Waals surface area contributed by atoms with Gasteiger partial charge >= 0.3 is 0 Å². The van der Waals surface area contributed by atoms with Crippen LogP contribution in [0.5, 0.6) is 0 Å². The molecule has 1 aliphatic rings. The van der Waals surface area contributed by atoms with Crippen molar-refractivity contribution >= 4 is 8.07 Å². The van der Waals surface area contributed by atoms with Gasteiger partial charge in [0.05, 0.1) is 5.60 Å². The van der Waals surface area contributed by atoms with Gasteiger partial charge in [0, 0.05) is 8.07 Å². The van der Waals surface area contributed by atoms with E-state index in [0.717, 1.165) is 0 Å². The monoisotopic (exact) mass is 228 g/mol. The topological polar surface area (TPSA) is 20.2 Å². The minimum atomic E-state index is -1.05. The Balaban J connectivity index is 2.81. The molecule has 0 aromatic heterocycles. The molecule has 0 unspecified atom stereocenters. The second-order valence-electron chi connectivity index (χ2n) is 6.98. The van der Waals surface area contributed by atoms with E-state index in [0.29, 0.717) is 17.8 Å². The van der Waals surface area contributed by atoms with Gasteiger partial charge in [0.1, 0.15) is 0 Å². The molecule has 0 spiro atoms. The normalized spacial score (nSPS) is 37.6. The molecule has 0 aromatic carbocycles. The molecule has 1 rings (SSSR count). The van der Waals surface area contributed by atoms with Crippen LogP contribution in [0.4, 0.5) is 0 Å². The van der Waals surface area contributed by atoms with E-state index < -0.39 is 8.07 Å². The Bertz CT molecular complexity index is 219. The van der Waals surface area contributed by atoms with Crippen LogP contribution in [-0.4, -0.2) is 18.8 Å². The molecule has 0 heterocycles. The number of aliphatic hydroxyl groups is 1. The lowest BCUT2D eigenvalue weighted by atomic mass is 9.77. The molecule has 1 saturated carbocycles. The Hall–Kier alpha value is 0.177. The summed E-state index contributed by atoms with van der Waals surface area (Å²) in [6.45, 7) is 13.8. The van der Waals surface area contributed by atoms with E-state index in [9.17, 15) is 5.11 Å². The van der Waals surface area contributed by atoms with E-state index in [1.165, 1.54) is 18.9 Å². The molecule has 1 nitrogen and oxygen atoms in total. The molecule has 0 saturated heterocycles. The molecule has 0 amide bonds. The van der Waals surface area contributed by atoms with Crippen LogP contribution < -0.4 is 0 Å². The van der Waals surface area contributed by atoms with E-state index >= 15 is 0 Å². The zero-order valence-corrected chi connectivity index (χ0v) is 12.3. The summed E-state index contributed by atoms with van der Waals surface area (Å²) in [4.78, 5) is 0. The fourth-order valence-electron chi connectivity index (χ4n) is 3.36. The Morgan fingerprint density at radius 3 is 2.20 bits per heavy atom. The van der Waals surface area contributed by atoms with E-state index in [2.05, 4.69) is 40.4 Å². The number of rotatable bonds is 3. The third-order valence-corrected chi connectivity index (χ3v) is 5.89. The second kappa shape index (κ2) is 4.21. The largest absolute Gasteiger partial charge is 0.389 e. The third-order valence-electron chi connectivity index (χ3n) is 4.18. The SMILES string of the molecule is CC(C)[C@@]1(O)[C@H](C[Si](C)(C)C)CC[C@@H]1C. The van der Waals surface area contributed by atoms with Gasteiger partial charge in [-0.1, -0.05) is 46.5 Å². The van der Waals surface area contributed by atoms with Crippen molar-refractivity contribution in [3.8, 4) is 0 Å². The summed E-state index contributed by atoms with van der Waals surface area (Å²) in [6, 6.07) is 1.28.